The third-order valence-corrected chi connectivity index (χ3v) is 1.17. The second-order valence-corrected chi connectivity index (χ2v) is 2.27. The minimum atomic E-state index is 1.63. The fourth-order valence-electron chi connectivity index (χ4n) is 0.609. The molecule has 0 N–H and O–H groups in total. The number of allylic oxidation sites excluding steroid dienone is 9. The van der Waals surface area contributed by atoms with Gasteiger partial charge < -0.3 is 0 Å². The van der Waals surface area contributed by atoms with Crippen LogP contribution >= 0.6 is 0 Å². The summed E-state index contributed by atoms with van der Waals surface area (Å²) in [5.74, 6) is 0. The van der Waals surface area contributed by atoms with Crippen molar-refractivity contribution in [1.82, 2.24) is 0 Å². The van der Waals surface area contributed by atoms with Crippen molar-refractivity contribution in [3.63, 3.8) is 0 Å². The van der Waals surface area contributed by atoms with E-state index in [4.69, 9.17) is 0 Å². The fraction of sp³-hybridized carbons (Fsp3) is 0. The van der Waals surface area contributed by atoms with Gasteiger partial charge in [-0.1, -0.05) is 61.8 Å². The predicted octanol–water partition coefficient (Wildman–Crippen LogP) is 3.61. The van der Waals surface area contributed by atoms with Crippen LogP contribution in [0.15, 0.2) is 79.0 Å². The Labute approximate surface area is 85.9 Å². The average Bonchev–Trinajstić information content (AvgIpc) is 2.21. The molecule has 72 valence electrons. The highest BCUT2D eigenvalue weighted by Crippen LogP contribution is 1.82. The first-order chi connectivity index (χ1) is 6.91. The van der Waals surface area contributed by atoms with Crippen molar-refractivity contribution in [2.75, 3.05) is 0 Å². The molecule has 0 spiro atoms. The lowest BCUT2D eigenvalue weighted by Crippen LogP contribution is -1.56. The van der Waals surface area contributed by atoms with Gasteiger partial charge in [0.15, 0.2) is 0 Å². The lowest BCUT2D eigenvalue weighted by Gasteiger charge is -1.73. The molecule has 0 aliphatic heterocycles. The molecule has 0 aromatic carbocycles. The Kier molecular flexibility index (Phi) is 9.61. The van der Waals surface area contributed by atoms with Gasteiger partial charge in [-0.2, -0.15) is 0 Å². The van der Waals surface area contributed by atoms with E-state index in [1.54, 1.807) is 24.6 Å². The quantitative estimate of drug-likeness (QED) is 0.443. The van der Waals surface area contributed by atoms with E-state index < -0.39 is 0 Å². The van der Waals surface area contributed by atoms with Gasteiger partial charge >= 0.3 is 0 Å². The Morgan fingerprint density at radius 2 is 1.21 bits per heavy atom. The van der Waals surface area contributed by atoms with Crippen LogP contribution in [0.5, 0.6) is 0 Å². The summed E-state index contributed by atoms with van der Waals surface area (Å²) < 4.78 is 0. The summed E-state index contributed by atoms with van der Waals surface area (Å²) in [6, 6.07) is 0. The van der Waals surface area contributed by atoms with Crippen molar-refractivity contribution in [2.45, 2.75) is 0 Å². The van der Waals surface area contributed by atoms with Crippen molar-refractivity contribution >= 4 is 6.21 Å². The molecule has 0 saturated carbocycles. The Morgan fingerprint density at radius 1 is 0.643 bits per heavy atom. The number of rotatable bonds is 6. The van der Waals surface area contributed by atoms with E-state index in [1.165, 1.54) is 0 Å². The van der Waals surface area contributed by atoms with Crippen LogP contribution in [0.4, 0.5) is 0 Å². The lowest BCUT2D eigenvalue weighted by molar-refractivity contribution is 1.59. The van der Waals surface area contributed by atoms with Gasteiger partial charge in [-0.3, -0.25) is 4.99 Å². The van der Waals surface area contributed by atoms with E-state index in [0.717, 1.165) is 0 Å². The second-order valence-electron chi connectivity index (χ2n) is 2.27. The molecular weight excluding hydrogens is 170 g/mol. The standard InChI is InChI=1S/C13H15N/c1-3-5-6-7-8-9-10-11-13-14-12-4-2/h3-13H,1-2H2/b6-5+,8-7+,10-9-,13-11+,14-12?. The second kappa shape index (κ2) is 11.1. The zero-order chi connectivity index (χ0) is 10.5. The van der Waals surface area contributed by atoms with Crippen LogP contribution in [-0.4, -0.2) is 6.21 Å². The van der Waals surface area contributed by atoms with Crippen LogP contribution in [0.2, 0.25) is 0 Å². The third-order valence-electron chi connectivity index (χ3n) is 1.17. The molecule has 0 saturated heterocycles. The van der Waals surface area contributed by atoms with E-state index >= 15 is 0 Å². The van der Waals surface area contributed by atoms with E-state index in [9.17, 15) is 0 Å². The normalized spacial score (nSPS) is 12.9. The maximum Gasteiger partial charge on any atom is 0.0267 e. The van der Waals surface area contributed by atoms with Gasteiger partial charge in [0.1, 0.15) is 0 Å². The van der Waals surface area contributed by atoms with Gasteiger partial charge in [0.25, 0.3) is 0 Å². The third kappa shape index (κ3) is 10.1. The molecular formula is C13H15N. The Hall–Kier alpha value is -1.89. The molecule has 0 rings (SSSR count). The molecule has 0 amide bonds. The molecule has 14 heavy (non-hydrogen) atoms. The molecule has 0 bridgehead atoms. The van der Waals surface area contributed by atoms with Gasteiger partial charge in [0.05, 0.1) is 0 Å². The molecule has 0 radical (unpaired) electrons. The topological polar surface area (TPSA) is 12.4 Å². The molecule has 0 aromatic heterocycles. The van der Waals surface area contributed by atoms with Crippen LogP contribution in [-0.2, 0) is 0 Å². The lowest BCUT2D eigenvalue weighted by atomic mass is 10.4. The molecule has 0 aromatic rings. The number of nitrogens with zero attached hydrogens (tertiary/aromatic N) is 1. The summed E-state index contributed by atoms with van der Waals surface area (Å²) in [7, 11) is 0. The maximum absolute atomic E-state index is 3.91. The molecule has 1 heteroatoms. The summed E-state index contributed by atoms with van der Waals surface area (Å²) in [5.41, 5.74) is 0. The summed E-state index contributed by atoms with van der Waals surface area (Å²) in [6.07, 6.45) is 20.0. The highest BCUT2D eigenvalue weighted by molar-refractivity contribution is 5.70. The smallest absolute Gasteiger partial charge is 0.0267 e. The van der Waals surface area contributed by atoms with Crippen molar-refractivity contribution in [2.24, 2.45) is 4.99 Å². The first-order valence-corrected chi connectivity index (χ1v) is 4.33. The molecule has 0 heterocycles. The van der Waals surface area contributed by atoms with Crippen molar-refractivity contribution in [3.8, 4) is 0 Å². The van der Waals surface area contributed by atoms with Gasteiger partial charge in [-0.25, -0.2) is 0 Å². The van der Waals surface area contributed by atoms with Gasteiger partial charge in [0, 0.05) is 12.4 Å². The maximum atomic E-state index is 3.91. The van der Waals surface area contributed by atoms with E-state index in [0.29, 0.717) is 0 Å². The van der Waals surface area contributed by atoms with Crippen LogP contribution in [0.1, 0.15) is 0 Å². The summed E-state index contributed by atoms with van der Waals surface area (Å²) in [5, 5.41) is 0. The van der Waals surface area contributed by atoms with E-state index in [1.807, 2.05) is 42.5 Å². The number of hydrogen-bond acceptors (Lipinski definition) is 1. The van der Waals surface area contributed by atoms with Gasteiger partial charge in [-0.15, -0.1) is 0 Å². The minimum absolute atomic E-state index is 1.63. The SMILES string of the molecule is C=CC=N/C=C/C=C\C=C\C=C\C=C. The zero-order valence-corrected chi connectivity index (χ0v) is 8.21. The Bertz CT molecular complexity index is 258. The molecule has 0 unspecified atom stereocenters. The molecule has 0 atom stereocenters. The highest BCUT2D eigenvalue weighted by atomic mass is 14.6. The molecule has 1 nitrogen and oxygen atoms in total. The summed E-state index contributed by atoms with van der Waals surface area (Å²) in [6.45, 7) is 7.07. The highest BCUT2D eigenvalue weighted by Gasteiger charge is 1.62. The molecule has 0 aliphatic carbocycles. The molecule has 0 fully saturated rings. The van der Waals surface area contributed by atoms with E-state index in [-0.39, 0.29) is 0 Å². The zero-order valence-electron chi connectivity index (χ0n) is 8.21. The Balaban J connectivity index is 3.72. The van der Waals surface area contributed by atoms with Crippen molar-refractivity contribution in [1.29, 1.82) is 0 Å². The van der Waals surface area contributed by atoms with Crippen molar-refractivity contribution in [3.05, 3.63) is 74.0 Å². The summed E-state index contributed by atoms with van der Waals surface area (Å²) in [4.78, 5) is 3.91. The van der Waals surface area contributed by atoms with Crippen LogP contribution < -0.4 is 0 Å². The number of hydrogen-bond donors (Lipinski definition) is 0. The first kappa shape index (κ1) is 12.1. The van der Waals surface area contributed by atoms with Gasteiger partial charge in [-0.05, 0) is 6.08 Å². The molecule has 0 aliphatic rings. The van der Waals surface area contributed by atoms with E-state index in [2.05, 4.69) is 18.2 Å². The van der Waals surface area contributed by atoms with Crippen LogP contribution in [0.25, 0.3) is 0 Å². The monoisotopic (exact) mass is 185 g/mol. The van der Waals surface area contributed by atoms with Crippen LogP contribution in [0, 0.1) is 0 Å². The van der Waals surface area contributed by atoms with Crippen LogP contribution in [0.3, 0.4) is 0 Å². The van der Waals surface area contributed by atoms with Crippen molar-refractivity contribution < 1.29 is 0 Å². The average molecular weight is 185 g/mol. The fourth-order valence-corrected chi connectivity index (χ4v) is 0.609. The number of aliphatic imine (C=N–C) groups is 1. The minimum Gasteiger partial charge on any atom is -0.265 e. The predicted molar refractivity (Wildman–Crippen MR) is 65.4 cm³/mol. The van der Waals surface area contributed by atoms with Gasteiger partial charge in [0.2, 0.25) is 0 Å². The first-order valence-electron chi connectivity index (χ1n) is 4.33. The summed E-state index contributed by atoms with van der Waals surface area (Å²) >= 11 is 0. The Morgan fingerprint density at radius 3 is 1.79 bits per heavy atom. The largest absolute Gasteiger partial charge is 0.265 e.